The summed E-state index contributed by atoms with van der Waals surface area (Å²) in [4.78, 5) is 29.6. The Morgan fingerprint density at radius 3 is 2.72 bits per heavy atom. The van der Waals surface area contributed by atoms with Gasteiger partial charge in [-0.15, -0.1) is 11.3 Å². The zero-order valence-corrected chi connectivity index (χ0v) is 19.8. The van der Waals surface area contributed by atoms with Crippen LogP contribution >= 0.6 is 11.3 Å². The van der Waals surface area contributed by atoms with Crippen molar-refractivity contribution in [2.75, 3.05) is 37.9 Å². The van der Waals surface area contributed by atoms with Crippen LogP contribution in [0.5, 0.6) is 11.5 Å². The van der Waals surface area contributed by atoms with Crippen LogP contribution in [0.4, 0.5) is 10.7 Å². The smallest absolute Gasteiger partial charge is 0.259 e. The van der Waals surface area contributed by atoms with Crippen LogP contribution in [0.2, 0.25) is 0 Å². The van der Waals surface area contributed by atoms with Crippen LogP contribution in [0.1, 0.15) is 53.4 Å². The number of amides is 2. The van der Waals surface area contributed by atoms with Crippen molar-refractivity contribution in [3.8, 4) is 11.5 Å². The van der Waals surface area contributed by atoms with E-state index < -0.39 is 0 Å². The molecule has 32 heavy (non-hydrogen) atoms. The van der Waals surface area contributed by atoms with Gasteiger partial charge in [0.2, 0.25) is 5.91 Å². The number of carbonyl (C=O) groups excluding carboxylic acids is 2. The van der Waals surface area contributed by atoms with E-state index in [1.54, 1.807) is 32.4 Å². The van der Waals surface area contributed by atoms with Crippen LogP contribution in [-0.4, -0.2) is 50.1 Å². The lowest BCUT2D eigenvalue weighted by molar-refractivity contribution is -0.118. The molecule has 1 atom stereocenters. The standard InChI is InChI=1S/C24H31N3O4S/c1-15-7-4-5-12-27(15)14-21(28)26-24-22(17-8-6-9-20(17)32-24)23(29)25-18-11-10-16(30-2)13-19(18)31-3/h10-11,13,15H,4-9,12,14H2,1-3H3,(H,25,29)(H,26,28)/t15-/m0/s1. The summed E-state index contributed by atoms with van der Waals surface area (Å²) < 4.78 is 10.7. The molecule has 0 saturated carbocycles. The first-order valence-corrected chi connectivity index (χ1v) is 12.0. The number of aryl methyl sites for hydroxylation is 1. The van der Waals surface area contributed by atoms with Gasteiger partial charge in [-0.1, -0.05) is 6.42 Å². The van der Waals surface area contributed by atoms with E-state index in [2.05, 4.69) is 22.5 Å². The average Bonchev–Trinajstić information content (AvgIpc) is 3.36. The Labute approximate surface area is 193 Å². The minimum atomic E-state index is -0.227. The van der Waals surface area contributed by atoms with Crippen molar-refractivity contribution in [1.82, 2.24) is 4.90 Å². The quantitative estimate of drug-likeness (QED) is 0.647. The lowest BCUT2D eigenvalue weighted by Gasteiger charge is -2.32. The number of hydrogen-bond acceptors (Lipinski definition) is 6. The maximum absolute atomic E-state index is 13.3. The summed E-state index contributed by atoms with van der Waals surface area (Å²) in [7, 11) is 3.14. The number of fused-ring (bicyclic) bond motifs is 1. The first kappa shape index (κ1) is 22.6. The van der Waals surface area contributed by atoms with Crippen molar-refractivity contribution in [2.45, 2.75) is 51.5 Å². The molecule has 1 fully saturated rings. The fourth-order valence-electron chi connectivity index (χ4n) is 4.56. The number of ether oxygens (including phenoxy) is 2. The van der Waals surface area contributed by atoms with Crippen LogP contribution in [0.25, 0.3) is 0 Å². The zero-order valence-electron chi connectivity index (χ0n) is 19.0. The van der Waals surface area contributed by atoms with Crippen molar-refractivity contribution < 1.29 is 19.1 Å². The van der Waals surface area contributed by atoms with Crippen molar-refractivity contribution in [1.29, 1.82) is 0 Å². The van der Waals surface area contributed by atoms with E-state index in [0.717, 1.165) is 44.2 Å². The fourth-order valence-corrected chi connectivity index (χ4v) is 5.87. The predicted molar refractivity (Wildman–Crippen MR) is 127 cm³/mol. The zero-order chi connectivity index (χ0) is 22.7. The van der Waals surface area contributed by atoms with E-state index in [1.807, 2.05) is 0 Å². The molecule has 1 saturated heterocycles. The molecule has 2 N–H and O–H groups in total. The molecular formula is C24H31N3O4S. The Kier molecular flexibility index (Phi) is 7.01. The number of nitrogens with zero attached hydrogens (tertiary/aromatic N) is 1. The third-order valence-corrected chi connectivity index (χ3v) is 7.55. The summed E-state index contributed by atoms with van der Waals surface area (Å²) in [6.45, 7) is 3.48. The molecule has 2 aliphatic rings. The highest BCUT2D eigenvalue weighted by atomic mass is 32.1. The number of benzene rings is 1. The van der Waals surface area contributed by atoms with Gasteiger partial charge < -0.3 is 20.1 Å². The summed E-state index contributed by atoms with van der Waals surface area (Å²) in [5.74, 6) is 0.884. The number of carbonyl (C=O) groups is 2. The van der Waals surface area contributed by atoms with Crippen molar-refractivity contribution in [2.24, 2.45) is 0 Å². The largest absolute Gasteiger partial charge is 0.497 e. The Balaban J connectivity index is 1.53. The molecule has 4 rings (SSSR count). The highest BCUT2D eigenvalue weighted by Gasteiger charge is 2.29. The van der Waals surface area contributed by atoms with Crippen molar-refractivity contribution >= 4 is 33.8 Å². The third kappa shape index (κ3) is 4.76. The van der Waals surface area contributed by atoms with Gasteiger partial charge in [-0.3, -0.25) is 14.5 Å². The Bertz CT molecular complexity index is 1000. The molecule has 1 aliphatic carbocycles. The second-order valence-corrected chi connectivity index (χ2v) is 9.55. The molecular weight excluding hydrogens is 426 g/mol. The van der Waals surface area contributed by atoms with Crippen LogP contribution in [-0.2, 0) is 17.6 Å². The van der Waals surface area contributed by atoms with E-state index in [4.69, 9.17) is 9.47 Å². The van der Waals surface area contributed by atoms with Crippen LogP contribution < -0.4 is 20.1 Å². The number of nitrogens with one attached hydrogen (secondary N) is 2. The van der Waals surface area contributed by atoms with Gasteiger partial charge in [-0.2, -0.15) is 0 Å². The summed E-state index contributed by atoms with van der Waals surface area (Å²) in [6, 6.07) is 5.68. The molecule has 0 unspecified atom stereocenters. The third-order valence-electron chi connectivity index (χ3n) is 6.35. The maximum atomic E-state index is 13.3. The first-order valence-electron chi connectivity index (χ1n) is 11.2. The number of rotatable bonds is 7. The fraction of sp³-hybridized carbons (Fsp3) is 0.500. The number of likely N-dealkylation sites (tertiary alicyclic amines) is 1. The van der Waals surface area contributed by atoms with E-state index in [1.165, 1.54) is 22.6 Å². The normalized spacial score (nSPS) is 18.2. The topological polar surface area (TPSA) is 79.9 Å². The Morgan fingerprint density at radius 1 is 1.12 bits per heavy atom. The number of hydrogen-bond donors (Lipinski definition) is 2. The summed E-state index contributed by atoms with van der Waals surface area (Å²) in [5.41, 5.74) is 2.21. The number of thiophene rings is 1. The highest BCUT2D eigenvalue weighted by Crippen LogP contribution is 2.40. The first-order chi connectivity index (χ1) is 15.5. The minimum Gasteiger partial charge on any atom is -0.497 e. The summed E-state index contributed by atoms with van der Waals surface area (Å²) in [6.07, 6.45) is 6.31. The number of methoxy groups -OCH3 is 2. The van der Waals surface area contributed by atoms with Gasteiger partial charge in [0.1, 0.15) is 16.5 Å². The van der Waals surface area contributed by atoms with E-state index >= 15 is 0 Å². The maximum Gasteiger partial charge on any atom is 0.259 e. The van der Waals surface area contributed by atoms with Crippen molar-refractivity contribution in [3.05, 3.63) is 34.2 Å². The summed E-state index contributed by atoms with van der Waals surface area (Å²) >= 11 is 1.53. The molecule has 0 radical (unpaired) electrons. The van der Waals surface area contributed by atoms with Gasteiger partial charge in [0, 0.05) is 17.0 Å². The molecule has 2 amide bonds. The minimum absolute atomic E-state index is 0.0604. The van der Waals surface area contributed by atoms with Crippen LogP contribution in [0, 0.1) is 0 Å². The van der Waals surface area contributed by atoms with E-state index in [0.29, 0.717) is 40.3 Å². The monoisotopic (exact) mass is 457 g/mol. The second kappa shape index (κ2) is 9.92. The van der Waals surface area contributed by atoms with E-state index in [-0.39, 0.29) is 11.8 Å². The predicted octanol–water partition coefficient (Wildman–Crippen LogP) is 4.32. The Morgan fingerprint density at radius 2 is 1.97 bits per heavy atom. The van der Waals surface area contributed by atoms with Crippen LogP contribution in [0.3, 0.4) is 0 Å². The molecule has 2 aromatic rings. The molecule has 0 spiro atoms. The van der Waals surface area contributed by atoms with Crippen molar-refractivity contribution in [3.63, 3.8) is 0 Å². The van der Waals surface area contributed by atoms with E-state index in [9.17, 15) is 9.59 Å². The average molecular weight is 458 g/mol. The van der Waals surface area contributed by atoms with Gasteiger partial charge in [-0.25, -0.2) is 0 Å². The molecule has 1 aromatic carbocycles. The number of anilines is 2. The number of piperidine rings is 1. The lowest BCUT2D eigenvalue weighted by atomic mass is 10.0. The molecule has 1 aromatic heterocycles. The molecule has 172 valence electrons. The molecule has 1 aliphatic heterocycles. The van der Waals surface area contributed by atoms with Gasteiger partial charge in [0.15, 0.2) is 0 Å². The Hall–Kier alpha value is -2.58. The van der Waals surface area contributed by atoms with Gasteiger partial charge in [-0.05, 0) is 63.3 Å². The van der Waals surface area contributed by atoms with Gasteiger partial charge in [0.25, 0.3) is 5.91 Å². The second-order valence-electron chi connectivity index (χ2n) is 8.45. The molecule has 2 heterocycles. The lowest BCUT2D eigenvalue weighted by Crippen LogP contribution is -2.42. The molecule has 0 bridgehead atoms. The van der Waals surface area contributed by atoms with Crippen LogP contribution in [0.15, 0.2) is 18.2 Å². The SMILES string of the molecule is COc1ccc(NC(=O)c2c(NC(=O)CN3CCCC[C@@H]3C)sc3c2CCC3)c(OC)c1. The highest BCUT2D eigenvalue weighted by molar-refractivity contribution is 7.17. The summed E-state index contributed by atoms with van der Waals surface area (Å²) in [5, 5.41) is 6.67. The molecule has 8 heteroatoms. The van der Waals surface area contributed by atoms with Gasteiger partial charge >= 0.3 is 0 Å². The van der Waals surface area contributed by atoms with Gasteiger partial charge in [0.05, 0.1) is 32.0 Å². The molecule has 7 nitrogen and oxygen atoms in total.